The molecule has 3 rings (SSSR count). The van der Waals surface area contributed by atoms with Crippen LogP contribution in [-0.4, -0.2) is 39.6 Å². The molecule has 6 heteroatoms. The minimum Gasteiger partial charge on any atom is -0.355 e. The molecule has 0 spiro atoms. The number of anilines is 2. The van der Waals surface area contributed by atoms with Gasteiger partial charge in [-0.15, -0.1) is 0 Å². The van der Waals surface area contributed by atoms with E-state index in [4.69, 9.17) is 4.98 Å². The van der Waals surface area contributed by atoms with Crippen molar-refractivity contribution in [3.8, 4) is 0 Å². The zero-order valence-electron chi connectivity index (χ0n) is 12.9. The molecular formula is C15H24N6. The first-order valence-corrected chi connectivity index (χ1v) is 7.98. The number of aromatic amines is 1. The van der Waals surface area contributed by atoms with E-state index in [2.05, 4.69) is 39.0 Å². The lowest BCUT2D eigenvalue weighted by Crippen LogP contribution is -2.26. The van der Waals surface area contributed by atoms with Gasteiger partial charge in [-0.1, -0.05) is 13.8 Å². The highest BCUT2D eigenvalue weighted by atomic mass is 15.2. The Bertz CT molecular complexity index is 593. The number of nitrogens with zero attached hydrogens (tertiary/aromatic N) is 4. The third kappa shape index (κ3) is 3.09. The fraction of sp³-hybridized carbons (Fsp3) is 0.667. The summed E-state index contributed by atoms with van der Waals surface area (Å²) in [7, 11) is 0. The van der Waals surface area contributed by atoms with Gasteiger partial charge in [0.05, 0.1) is 6.33 Å². The normalized spacial score (nSPS) is 19.7. The van der Waals surface area contributed by atoms with Gasteiger partial charge >= 0.3 is 0 Å². The Kier molecular flexibility index (Phi) is 4.22. The van der Waals surface area contributed by atoms with Crippen molar-refractivity contribution < 1.29 is 0 Å². The minimum absolute atomic E-state index is 0.684. The van der Waals surface area contributed by atoms with Crippen LogP contribution in [0.3, 0.4) is 0 Å². The molecule has 1 aliphatic rings. The topological polar surface area (TPSA) is 69.7 Å². The minimum atomic E-state index is 0.684. The number of hydrogen-bond donors (Lipinski definition) is 2. The average Bonchev–Trinajstić information content (AvgIpc) is 2.86. The molecule has 0 amide bonds. The van der Waals surface area contributed by atoms with E-state index in [0.717, 1.165) is 49.0 Å². The summed E-state index contributed by atoms with van der Waals surface area (Å²) in [4.78, 5) is 19.1. The van der Waals surface area contributed by atoms with Gasteiger partial charge in [0.1, 0.15) is 5.52 Å². The van der Waals surface area contributed by atoms with Crippen LogP contribution in [0.5, 0.6) is 0 Å². The molecule has 1 unspecified atom stereocenters. The van der Waals surface area contributed by atoms with Gasteiger partial charge in [-0.2, -0.15) is 9.97 Å². The van der Waals surface area contributed by atoms with Gasteiger partial charge in [-0.05, 0) is 31.6 Å². The zero-order chi connectivity index (χ0) is 14.7. The Labute approximate surface area is 125 Å². The fourth-order valence-corrected chi connectivity index (χ4v) is 2.84. The maximum Gasteiger partial charge on any atom is 0.226 e. The zero-order valence-corrected chi connectivity index (χ0v) is 12.9. The van der Waals surface area contributed by atoms with Crippen molar-refractivity contribution in [2.24, 2.45) is 5.92 Å². The first-order chi connectivity index (χ1) is 10.3. The molecule has 1 saturated heterocycles. The number of aromatic nitrogens is 4. The Morgan fingerprint density at radius 3 is 3.10 bits per heavy atom. The van der Waals surface area contributed by atoms with Gasteiger partial charge in [-0.25, -0.2) is 4.98 Å². The summed E-state index contributed by atoms with van der Waals surface area (Å²) in [5.74, 6) is 2.47. The lowest BCUT2D eigenvalue weighted by atomic mass is 10.0. The summed E-state index contributed by atoms with van der Waals surface area (Å²) >= 11 is 0. The van der Waals surface area contributed by atoms with E-state index in [1.54, 1.807) is 6.33 Å². The monoisotopic (exact) mass is 288 g/mol. The summed E-state index contributed by atoms with van der Waals surface area (Å²) in [5, 5.41) is 3.28. The molecule has 0 radical (unpaired) electrons. The van der Waals surface area contributed by atoms with Gasteiger partial charge in [-0.3, -0.25) is 0 Å². The van der Waals surface area contributed by atoms with Crippen LogP contribution in [0, 0.1) is 5.92 Å². The second-order valence-corrected chi connectivity index (χ2v) is 5.92. The third-order valence-corrected chi connectivity index (χ3v) is 4.12. The maximum atomic E-state index is 4.73. The van der Waals surface area contributed by atoms with Crippen LogP contribution in [0.15, 0.2) is 6.33 Å². The lowest BCUT2D eigenvalue weighted by Gasteiger charge is -2.22. The molecule has 0 aromatic carbocycles. The molecule has 6 nitrogen and oxygen atoms in total. The van der Waals surface area contributed by atoms with Crippen molar-refractivity contribution in [1.82, 2.24) is 19.9 Å². The van der Waals surface area contributed by atoms with E-state index in [-0.39, 0.29) is 0 Å². The number of fused-ring (bicyclic) bond motifs is 1. The molecular weight excluding hydrogens is 264 g/mol. The second-order valence-electron chi connectivity index (χ2n) is 5.92. The van der Waals surface area contributed by atoms with E-state index in [1.807, 2.05) is 0 Å². The number of hydrogen-bond acceptors (Lipinski definition) is 5. The highest BCUT2D eigenvalue weighted by Crippen LogP contribution is 2.26. The Morgan fingerprint density at radius 2 is 2.24 bits per heavy atom. The Hall–Kier alpha value is -1.85. The smallest absolute Gasteiger partial charge is 0.226 e. The van der Waals surface area contributed by atoms with E-state index in [0.29, 0.717) is 5.95 Å². The van der Waals surface area contributed by atoms with Crippen LogP contribution >= 0.6 is 0 Å². The predicted octanol–water partition coefficient (Wildman–Crippen LogP) is 2.80. The Balaban J connectivity index is 1.93. The maximum absolute atomic E-state index is 4.73. The second kappa shape index (κ2) is 6.28. The summed E-state index contributed by atoms with van der Waals surface area (Å²) in [6, 6.07) is 0. The van der Waals surface area contributed by atoms with Crippen LogP contribution in [-0.2, 0) is 0 Å². The molecule has 114 valence electrons. The number of rotatable bonds is 4. The first kappa shape index (κ1) is 14.1. The van der Waals surface area contributed by atoms with Gasteiger partial charge in [0.25, 0.3) is 0 Å². The summed E-state index contributed by atoms with van der Waals surface area (Å²) < 4.78 is 0. The standard InChI is InChI=1S/C15H24N6/c1-3-7-16-15-19-13-12(17-10-18-13)14(20-15)21-8-4-5-11(2)6-9-21/h10-11H,3-9H2,1-2H3,(H2,16,17,18,19,20). The van der Waals surface area contributed by atoms with E-state index >= 15 is 0 Å². The summed E-state index contributed by atoms with van der Waals surface area (Å²) in [6.07, 6.45) is 6.50. The predicted molar refractivity (Wildman–Crippen MR) is 85.7 cm³/mol. The van der Waals surface area contributed by atoms with Crippen molar-refractivity contribution in [2.45, 2.75) is 39.5 Å². The van der Waals surface area contributed by atoms with Crippen molar-refractivity contribution in [2.75, 3.05) is 29.9 Å². The molecule has 3 heterocycles. The Morgan fingerprint density at radius 1 is 1.33 bits per heavy atom. The molecule has 0 saturated carbocycles. The van der Waals surface area contributed by atoms with Crippen molar-refractivity contribution >= 4 is 22.9 Å². The molecule has 2 aromatic heterocycles. The SMILES string of the molecule is CCCNc1nc(N2CCCC(C)CC2)c2[nH]cnc2n1. The molecule has 2 N–H and O–H groups in total. The molecule has 1 atom stereocenters. The van der Waals surface area contributed by atoms with Crippen LogP contribution < -0.4 is 10.2 Å². The largest absolute Gasteiger partial charge is 0.355 e. The van der Waals surface area contributed by atoms with Crippen molar-refractivity contribution in [3.63, 3.8) is 0 Å². The summed E-state index contributed by atoms with van der Waals surface area (Å²) in [6.45, 7) is 7.47. The number of nitrogens with one attached hydrogen (secondary N) is 2. The number of imidazole rings is 1. The molecule has 0 bridgehead atoms. The van der Waals surface area contributed by atoms with E-state index in [1.165, 1.54) is 19.3 Å². The molecule has 1 fully saturated rings. The van der Waals surface area contributed by atoms with Crippen LogP contribution in [0.4, 0.5) is 11.8 Å². The quantitative estimate of drug-likeness (QED) is 0.905. The average molecular weight is 288 g/mol. The molecule has 1 aliphatic heterocycles. The summed E-state index contributed by atoms with van der Waals surface area (Å²) in [5.41, 5.74) is 1.70. The number of H-pyrrole nitrogens is 1. The highest BCUT2D eigenvalue weighted by molar-refractivity contribution is 5.84. The third-order valence-electron chi connectivity index (χ3n) is 4.12. The van der Waals surface area contributed by atoms with E-state index < -0.39 is 0 Å². The molecule has 0 aliphatic carbocycles. The molecule has 21 heavy (non-hydrogen) atoms. The van der Waals surface area contributed by atoms with Crippen LogP contribution in [0.2, 0.25) is 0 Å². The lowest BCUT2D eigenvalue weighted by molar-refractivity contribution is 0.521. The van der Waals surface area contributed by atoms with Crippen molar-refractivity contribution in [1.29, 1.82) is 0 Å². The van der Waals surface area contributed by atoms with Gasteiger partial charge in [0.15, 0.2) is 11.5 Å². The van der Waals surface area contributed by atoms with Crippen LogP contribution in [0.25, 0.3) is 11.2 Å². The van der Waals surface area contributed by atoms with E-state index in [9.17, 15) is 0 Å². The highest BCUT2D eigenvalue weighted by Gasteiger charge is 2.19. The van der Waals surface area contributed by atoms with Crippen molar-refractivity contribution in [3.05, 3.63) is 6.33 Å². The van der Waals surface area contributed by atoms with Gasteiger partial charge in [0, 0.05) is 19.6 Å². The fourth-order valence-electron chi connectivity index (χ4n) is 2.84. The van der Waals surface area contributed by atoms with Gasteiger partial charge in [0.2, 0.25) is 5.95 Å². The van der Waals surface area contributed by atoms with Crippen LogP contribution in [0.1, 0.15) is 39.5 Å². The first-order valence-electron chi connectivity index (χ1n) is 7.98. The van der Waals surface area contributed by atoms with Gasteiger partial charge < -0.3 is 15.2 Å². The molecule has 2 aromatic rings.